The van der Waals surface area contributed by atoms with Gasteiger partial charge in [-0.25, -0.2) is 0 Å². The van der Waals surface area contributed by atoms with Crippen molar-refractivity contribution in [3.63, 3.8) is 0 Å². The molecular weight excluding hydrogens is 506 g/mol. The lowest BCUT2D eigenvalue weighted by Gasteiger charge is -2.28. The summed E-state index contributed by atoms with van der Waals surface area (Å²) in [5, 5.41) is 0. The molecule has 1 rings (SSSR count). The molecule has 0 saturated carbocycles. The fraction of sp³-hybridized carbons (Fsp3) is 0.818. The van der Waals surface area contributed by atoms with E-state index in [1.54, 1.807) is 0 Å². The van der Waals surface area contributed by atoms with Crippen LogP contribution in [0.1, 0.15) is 0 Å². The second-order valence-corrected chi connectivity index (χ2v) is 5.54. The van der Waals surface area contributed by atoms with Gasteiger partial charge < -0.3 is 9.47 Å². The summed E-state index contributed by atoms with van der Waals surface area (Å²) in [6.07, 6.45) is -38.8. The Labute approximate surface area is 156 Å². The SMILES string of the molecule is FC(F)(F)C(OC1=C(OC(C(F)(F)F)C(F)(F)F)C(F)(F)C(F)(F)C1(F)F)C(F)(F)F. The van der Waals surface area contributed by atoms with Gasteiger partial charge in [0, 0.05) is 0 Å². The number of hydrogen-bond donors (Lipinski definition) is 0. The molecule has 1 aliphatic rings. The molecule has 0 aromatic heterocycles. The molecule has 2 nitrogen and oxygen atoms in total. The average Bonchev–Trinajstić information content (AvgIpc) is 2.52. The minimum Gasteiger partial charge on any atom is -0.465 e. The Morgan fingerprint density at radius 1 is 0.452 bits per heavy atom. The van der Waals surface area contributed by atoms with E-state index in [4.69, 9.17) is 0 Å². The van der Waals surface area contributed by atoms with Gasteiger partial charge in [0.1, 0.15) is 0 Å². The maximum atomic E-state index is 13.5. The van der Waals surface area contributed by atoms with Gasteiger partial charge in [-0.15, -0.1) is 0 Å². The van der Waals surface area contributed by atoms with Crippen LogP contribution in [0.5, 0.6) is 0 Å². The molecule has 0 bridgehead atoms. The Morgan fingerprint density at radius 3 is 0.806 bits per heavy atom. The number of rotatable bonds is 4. The fourth-order valence-corrected chi connectivity index (χ4v) is 1.90. The van der Waals surface area contributed by atoms with Crippen LogP contribution >= 0.6 is 0 Å². The van der Waals surface area contributed by atoms with E-state index in [0.29, 0.717) is 0 Å². The number of alkyl halides is 18. The van der Waals surface area contributed by atoms with Crippen molar-refractivity contribution in [3.8, 4) is 0 Å². The summed E-state index contributed by atoms with van der Waals surface area (Å²) in [6.45, 7) is 0. The standard InChI is InChI=1S/C11H2F18O2/c12-5(13)1(30-3(7(16,17)18)8(19,20)21)2(6(14,15)11(5,28)29)31-4(9(22,23)24)10(25,26)27/h3-4H. The Bertz CT molecular complexity index is 618. The number of allylic oxidation sites excluding steroid dienone is 2. The van der Waals surface area contributed by atoms with Crippen molar-refractivity contribution in [1.29, 1.82) is 0 Å². The Hall–Kier alpha value is -1.92. The lowest BCUT2D eigenvalue weighted by Crippen LogP contribution is -2.51. The molecule has 0 saturated heterocycles. The maximum Gasteiger partial charge on any atom is 0.434 e. The zero-order chi connectivity index (χ0) is 25.2. The molecule has 0 amide bonds. The van der Waals surface area contributed by atoms with Gasteiger partial charge in [-0.3, -0.25) is 0 Å². The summed E-state index contributed by atoms with van der Waals surface area (Å²) in [5.41, 5.74) is 0. The minimum atomic E-state index is -7.16. The van der Waals surface area contributed by atoms with Crippen LogP contribution in [-0.4, -0.2) is 54.7 Å². The van der Waals surface area contributed by atoms with Crippen LogP contribution in [0.25, 0.3) is 0 Å². The summed E-state index contributed by atoms with van der Waals surface area (Å²) in [6, 6.07) is 0. The first-order valence-corrected chi connectivity index (χ1v) is 6.69. The highest BCUT2D eigenvalue weighted by molar-refractivity contribution is 5.34. The van der Waals surface area contributed by atoms with Gasteiger partial charge in [0.25, 0.3) is 12.2 Å². The maximum absolute atomic E-state index is 13.5. The highest BCUT2D eigenvalue weighted by atomic mass is 19.4. The third kappa shape index (κ3) is 4.65. The van der Waals surface area contributed by atoms with E-state index >= 15 is 0 Å². The van der Waals surface area contributed by atoms with Crippen LogP contribution in [0.2, 0.25) is 0 Å². The van der Waals surface area contributed by atoms with Crippen LogP contribution in [0, 0.1) is 0 Å². The Morgan fingerprint density at radius 2 is 0.645 bits per heavy atom. The lowest BCUT2D eigenvalue weighted by molar-refractivity contribution is -0.326. The first-order chi connectivity index (χ1) is 13.2. The van der Waals surface area contributed by atoms with E-state index in [0.717, 1.165) is 0 Å². The van der Waals surface area contributed by atoms with E-state index in [2.05, 4.69) is 9.47 Å². The van der Waals surface area contributed by atoms with E-state index in [1.165, 1.54) is 0 Å². The van der Waals surface area contributed by atoms with Crippen molar-refractivity contribution in [2.75, 3.05) is 0 Å². The molecule has 0 N–H and O–H groups in total. The predicted molar refractivity (Wildman–Crippen MR) is 55.8 cm³/mol. The molecule has 0 fully saturated rings. The quantitative estimate of drug-likeness (QED) is 0.426. The molecule has 1 aliphatic carbocycles. The minimum absolute atomic E-state index is 2.43. The summed E-state index contributed by atoms with van der Waals surface area (Å²) in [5.74, 6) is -29.5. The van der Waals surface area contributed by atoms with E-state index in [1.807, 2.05) is 0 Å². The zero-order valence-corrected chi connectivity index (χ0v) is 13.3. The van der Waals surface area contributed by atoms with E-state index < -0.39 is 66.2 Å². The van der Waals surface area contributed by atoms with Crippen LogP contribution in [-0.2, 0) is 9.47 Å². The molecule has 0 aromatic carbocycles. The monoisotopic (exact) mass is 508 g/mol. The molecule has 0 spiro atoms. The van der Waals surface area contributed by atoms with Gasteiger partial charge in [0.05, 0.1) is 0 Å². The first-order valence-electron chi connectivity index (χ1n) is 6.69. The molecule has 184 valence electrons. The lowest BCUT2D eigenvalue weighted by atomic mass is 10.1. The van der Waals surface area contributed by atoms with Crippen molar-refractivity contribution in [2.24, 2.45) is 0 Å². The highest BCUT2D eigenvalue weighted by Crippen LogP contribution is 2.61. The first kappa shape index (κ1) is 27.1. The van der Waals surface area contributed by atoms with Crippen LogP contribution in [0.4, 0.5) is 79.0 Å². The smallest absolute Gasteiger partial charge is 0.434 e. The molecule has 20 heteroatoms. The number of ether oxygens (including phenoxy) is 2. The van der Waals surface area contributed by atoms with Crippen molar-refractivity contribution < 1.29 is 88.5 Å². The normalized spacial score (nSPS) is 21.8. The van der Waals surface area contributed by atoms with Gasteiger partial charge in [-0.2, -0.15) is 79.0 Å². The van der Waals surface area contributed by atoms with Gasteiger partial charge in [-0.1, -0.05) is 0 Å². The Balaban J connectivity index is 3.81. The van der Waals surface area contributed by atoms with Crippen LogP contribution in [0.15, 0.2) is 11.5 Å². The zero-order valence-electron chi connectivity index (χ0n) is 13.3. The summed E-state index contributed by atoms with van der Waals surface area (Å²) < 4.78 is 234. The second-order valence-electron chi connectivity index (χ2n) is 5.54. The third-order valence-electron chi connectivity index (χ3n) is 3.23. The molecule has 0 atom stereocenters. The molecule has 0 unspecified atom stereocenters. The van der Waals surface area contributed by atoms with Gasteiger partial charge >= 0.3 is 42.5 Å². The van der Waals surface area contributed by atoms with Gasteiger partial charge in [0.2, 0.25) is 11.5 Å². The van der Waals surface area contributed by atoms with Crippen molar-refractivity contribution in [2.45, 2.75) is 54.7 Å². The molecule has 31 heavy (non-hydrogen) atoms. The van der Waals surface area contributed by atoms with Crippen molar-refractivity contribution >= 4 is 0 Å². The second kappa shape index (κ2) is 7.04. The molecule has 0 aromatic rings. The Kier molecular flexibility index (Phi) is 6.16. The fourth-order valence-electron chi connectivity index (χ4n) is 1.90. The summed E-state index contributed by atoms with van der Waals surface area (Å²) in [4.78, 5) is 0. The molecule has 0 aliphatic heterocycles. The van der Waals surface area contributed by atoms with Gasteiger partial charge in [0.15, 0.2) is 0 Å². The topological polar surface area (TPSA) is 18.5 Å². The van der Waals surface area contributed by atoms with Crippen LogP contribution in [0.3, 0.4) is 0 Å². The molecule has 0 heterocycles. The predicted octanol–water partition coefficient (Wildman–Crippen LogP) is 6.14. The molecule has 0 radical (unpaired) electrons. The van der Waals surface area contributed by atoms with Crippen LogP contribution < -0.4 is 0 Å². The average molecular weight is 508 g/mol. The molecular formula is C11H2F18O2. The number of halogens is 18. The highest BCUT2D eigenvalue weighted by Gasteiger charge is 2.84. The van der Waals surface area contributed by atoms with Crippen molar-refractivity contribution in [1.82, 2.24) is 0 Å². The summed E-state index contributed by atoms with van der Waals surface area (Å²) in [7, 11) is 0. The summed E-state index contributed by atoms with van der Waals surface area (Å²) >= 11 is 0. The van der Waals surface area contributed by atoms with E-state index in [-0.39, 0.29) is 0 Å². The number of hydrogen-bond acceptors (Lipinski definition) is 2. The largest absolute Gasteiger partial charge is 0.465 e. The van der Waals surface area contributed by atoms with Crippen molar-refractivity contribution in [3.05, 3.63) is 11.5 Å². The third-order valence-corrected chi connectivity index (χ3v) is 3.23. The van der Waals surface area contributed by atoms with E-state index in [9.17, 15) is 79.0 Å². The van der Waals surface area contributed by atoms with Gasteiger partial charge in [-0.05, 0) is 0 Å².